The zero-order valence-corrected chi connectivity index (χ0v) is 25.6. The Balaban J connectivity index is 1.38. The Morgan fingerprint density at radius 2 is 0.542 bits per heavy atom. The van der Waals surface area contributed by atoms with E-state index in [0.717, 1.165) is 33.4 Å². The molecule has 0 fully saturated rings. The number of rotatable bonds is 9. The van der Waals surface area contributed by atoms with E-state index in [1.54, 1.807) is 122 Å². The van der Waals surface area contributed by atoms with Crippen LogP contribution in [0.15, 0.2) is 153 Å². The number of hydrogen-bond donors (Lipinski definition) is 4. The van der Waals surface area contributed by atoms with Crippen LogP contribution >= 0.6 is 0 Å². The number of benzene rings is 6. The second-order valence-corrected chi connectivity index (χ2v) is 10.8. The van der Waals surface area contributed by atoms with Crippen molar-refractivity contribution in [3.63, 3.8) is 0 Å². The lowest BCUT2D eigenvalue weighted by Gasteiger charge is -2.09. The van der Waals surface area contributed by atoms with Crippen molar-refractivity contribution in [1.82, 2.24) is 0 Å². The van der Waals surface area contributed by atoms with Crippen molar-refractivity contribution in [2.75, 3.05) is 0 Å². The molecule has 0 unspecified atom stereocenters. The summed E-state index contributed by atoms with van der Waals surface area (Å²) in [6.07, 6.45) is 6.86. The van der Waals surface area contributed by atoms with Crippen molar-refractivity contribution in [3.8, 4) is 34.1 Å². The fourth-order valence-electron chi connectivity index (χ4n) is 4.65. The minimum Gasteiger partial charge on any atom is -0.508 e. The molecule has 48 heavy (non-hydrogen) atoms. The summed E-state index contributed by atoms with van der Waals surface area (Å²) in [6, 6.07) is 38.7. The van der Waals surface area contributed by atoms with E-state index in [4.69, 9.17) is 20.0 Å². The smallest absolute Gasteiger partial charge is 0.115 e. The molecule has 0 bridgehead atoms. The normalized spacial score (nSPS) is 11.8. The topological polar surface area (TPSA) is 130 Å². The molecule has 8 nitrogen and oxygen atoms in total. The monoisotopic (exact) mass is 630 g/mol. The van der Waals surface area contributed by atoms with Crippen LogP contribution in [0.3, 0.4) is 0 Å². The first kappa shape index (κ1) is 31.2. The van der Waals surface area contributed by atoms with Gasteiger partial charge in [-0.25, -0.2) is 0 Å². The van der Waals surface area contributed by atoms with Crippen LogP contribution in [-0.2, 0) is 0 Å². The second-order valence-electron chi connectivity index (χ2n) is 10.8. The number of hydrogen-bond acceptors (Lipinski definition) is 8. The van der Waals surface area contributed by atoms with Gasteiger partial charge < -0.3 is 20.4 Å². The van der Waals surface area contributed by atoms with Gasteiger partial charge in [0.15, 0.2) is 0 Å². The van der Waals surface area contributed by atoms with Gasteiger partial charge in [0, 0.05) is 24.9 Å². The average molecular weight is 631 g/mol. The maximum Gasteiger partial charge on any atom is 0.115 e. The van der Waals surface area contributed by atoms with Gasteiger partial charge in [-0.2, -0.15) is 0 Å². The largest absolute Gasteiger partial charge is 0.508 e. The third-order valence-electron chi connectivity index (χ3n) is 7.27. The molecule has 0 aromatic heterocycles. The lowest BCUT2D eigenvalue weighted by molar-refractivity contribution is 0.475. The summed E-state index contributed by atoms with van der Waals surface area (Å²) >= 11 is 0. The Kier molecular flexibility index (Phi) is 9.44. The van der Waals surface area contributed by atoms with E-state index < -0.39 is 0 Å². The molecule has 0 radical (unpaired) electrons. The van der Waals surface area contributed by atoms with Crippen LogP contribution < -0.4 is 0 Å². The minimum absolute atomic E-state index is 0.174. The Labute approximate surface area is 277 Å². The van der Waals surface area contributed by atoms with E-state index in [0.29, 0.717) is 22.7 Å². The molecule has 0 atom stereocenters. The van der Waals surface area contributed by atoms with Crippen LogP contribution in [0.5, 0.6) is 23.0 Å². The Hall–Kier alpha value is -6.80. The van der Waals surface area contributed by atoms with Crippen molar-refractivity contribution >= 4 is 47.6 Å². The standard InChI is InChI=1S/C40H30N4O4/c45-33-11-1-27(2-12-33)23-41-37-19-9-31(21-39(37)43-25-29-5-15-35(47)16-6-29)32-10-20-38(42-24-28-3-13-34(46)14-4-28)40(22-32)44-26-30-7-17-36(48)18-8-30/h1-26,45-48H. The van der Waals surface area contributed by atoms with Gasteiger partial charge in [0.05, 0.1) is 22.7 Å². The van der Waals surface area contributed by atoms with Crippen LogP contribution in [0.4, 0.5) is 22.7 Å². The lowest BCUT2D eigenvalue weighted by atomic mass is 10.0. The molecule has 8 heteroatoms. The van der Waals surface area contributed by atoms with Gasteiger partial charge in [-0.05, 0) is 155 Å². The van der Waals surface area contributed by atoms with E-state index >= 15 is 0 Å². The summed E-state index contributed by atoms with van der Waals surface area (Å²) in [5.74, 6) is 0.708. The second kappa shape index (κ2) is 14.5. The third-order valence-corrected chi connectivity index (χ3v) is 7.27. The maximum absolute atomic E-state index is 9.68. The van der Waals surface area contributed by atoms with Gasteiger partial charge in [0.25, 0.3) is 0 Å². The highest BCUT2D eigenvalue weighted by Gasteiger charge is 2.08. The van der Waals surface area contributed by atoms with Crippen molar-refractivity contribution in [2.45, 2.75) is 0 Å². The predicted molar refractivity (Wildman–Crippen MR) is 193 cm³/mol. The van der Waals surface area contributed by atoms with E-state index in [2.05, 4.69) is 0 Å². The first-order valence-corrected chi connectivity index (χ1v) is 15.0. The van der Waals surface area contributed by atoms with Gasteiger partial charge in [-0.15, -0.1) is 0 Å². The van der Waals surface area contributed by atoms with Crippen molar-refractivity contribution in [3.05, 3.63) is 156 Å². The van der Waals surface area contributed by atoms with Gasteiger partial charge in [-0.3, -0.25) is 20.0 Å². The lowest BCUT2D eigenvalue weighted by Crippen LogP contribution is -1.84. The molecule has 234 valence electrons. The number of aliphatic imine (C=N–C) groups is 4. The van der Waals surface area contributed by atoms with Gasteiger partial charge >= 0.3 is 0 Å². The first-order chi connectivity index (χ1) is 23.4. The molecular formula is C40H30N4O4. The van der Waals surface area contributed by atoms with E-state index in [1.165, 1.54) is 0 Å². The highest BCUT2D eigenvalue weighted by atomic mass is 16.3. The summed E-state index contributed by atoms with van der Waals surface area (Å²) < 4.78 is 0. The number of phenolic OH excluding ortho intramolecular Hbond substituents is 4. The van der Waals surface area contributed by atoms with Crippen molar-refractivity contribution in [1.29, 1.82) is 0 Å². The first-order valence-electron chi connectivity index (χ1n) is 15.0. The SMILES string of the molecule is Oc1ccc(C=Nc2ccc(-c3ccc(N=Cc4ccc(O)cc4)c(N=Cc4ccc(O)cc4)c3)cc2N=Cc2ccc(O)cc2)cc1. The summed E-state index contributed by atoms with van der Waals surface area (Å²) in [5.41, 5.74) is 7.57. The Morgan fingerprint density at radius 3 is 0.812 bits per heavy atom. The van der Waals surface area contributed by atoms with E-state index in [1.807, 2.05) is 36.4 Å². The van der Waals surface area contributed by atoms with Crippen LogP contribution in [0.1, 0.15) is 22.3 Å². The Bertz CT molecular complexity index is 1980. The number of aromatic hydroxyl groups is 4. The van der Waals surface area contributed by atoms with Crippen LogP contribution in [0.25, 0.3) is 11.1 Å². The number of phenols is 4. The molecule has 0 amide bonds. The molecule has 4 N–H and O–H groups in total. The molecular weight excluding hydrogens is 600 g/mol. The van der Waals surface area contributed by atoms with Crippen molar-refractivity contribution in [2.24, 2.45) is 20.0 Å². The summed E-state index contributed by atoms with van der Waals surface area (Å²) in [4.78, 5) is 18.9. The van der Waals surface area contributed by atoms with Crippen LogP contribution in [-0.4, -0.2) is 45.3 Å². The maximum atomic E-state index is 9.68. The quantitative estimate of drug-likeness (QED) is 0.119. The minimum atomic E-state index is 0.174. The Morgan fingerprint density at radius 1 is 0.292 bits per heavy atom. The average Bonchev–Trinajstić information content (AvgIpc) is 3.11. The fraction of sp³-hybridized carbons (Fsp3) is 0. The summed E-state index contributed by atoms with van der Waals surface area (Å²) in [5, 5.41) is 38.6. The van der Waals surface area contributed by atoms with E-state index in [-0.39, 0.29) is 23.0 Å². The van der Waals surface area contributed by atoms with Crippen LogP contribution in [0, 0.1) is 0 Å². The van der Waals surface area contributed by atoms with Gasteiger partial charge in [0.1, 0.15) is 23.0 Å². The predicted octanol–water partition coefficient (Wildman–Crippen LogP) is 9.18. The molecule has 0 aliphatic rings. The number of nitrogens with zero attached hydrogens (tertiary/aromatic N) is 4. The van der Waals surface area contributed by atoms with Crippen molar-refractivity contribution < 1.29 is 20.4 Å². The zero-order chi connectivity index (χ0) is 33.3. The molecule has 6 aromatic rings. The van der Waals surface area contributed by atoms with Gasteiger partial charge in [0.2, 0.25) is 0 Å². The molecule has 0 aliphatic carbocycles. The molecule has 0 heterocycles. The summed E-state index contributed by atoms with van der Waals surface area (Å²) in [6.45, 7) is 0. The zero-order valence-electron chi connectivity index (χ0n) is 25.6. The highest BCUT2D eigenvalue weighted by molar-refractivity contribution is 5.91. The molecule has 6 rings (SSSR count). The molecule has 0 aliphatic heterocycles. The van der Waals surface area contributed by atoms with E-state index in [9.17, 15) is 20.4 Å². The highest BCUT2D eigenvalue weighted by Crippen LogP contribution is 2.37. The van der Waals surface area contributed by atoms with Crippen LogP contribution in [0.2, 0.25) is 0 Å². The third kappa shape index (κ3) is 8.26. The fourth-order valence-corrected chi connectivity index (χ4v) is 4.65. The summed E-state index contributed by atoms with van der Waals surface area (Å²) in [7, 11) is 0. The molecule has 6 aromatic carbocycles. The van der Waals surface area contributed by atoms with Gasteiger partial charge in [-0.1, -0.05) is 12.1 Å². The molecule has 0 spiro atoms. The molecule has 0 saturated heterocycles. The molecule has 0 saturated carbocycles.